The van der Waals surface area contributed by atoms with Gasteiger partial charge in [0.05, 0.1) is 12.5 Å². The molecule has 1 saturated heterocycles. The molecule has 1 unspecified atom stereocenters. The highest BCUT2D eigenvalue weighted by molar-refractivity contribution is 7.98. The largest absolute Gasteiger partial charge is 0.355 e. The predicted octanol–water partition coefficient (Wildman–Crippen LogP) is 5.31. The molecule has 0 radical (unpaired) electrons. The standard InChI is InChI=1S/C24H26Cl2N4O2S/c25-20-7-3-17(4-8-20)16-33-13-11-27-24(31)19-2-1-12-30(14-19)15-22-28-23(29-32-22)18-5-9-21(26)10-6-18/h3-10,19H,1-2,11-16H2,(H,27,31). The van der Waals surface area contributed by atoms with Crippen LogP contribution in [-0.2, 0) is 17.1 Å². The lowest BCUT2D eigenvalue weighted by atomic mass is 9.97. The molecule has 1 fully saturated rings. The van der Waals surface area contributed by atoms with Crippen LogP contribution in [0, 0.1) is 5.92 Å². The molecule has 2 heterocycles. The number of thioether (sulfide) groups is 1. The van der Waals surface area contributed by atoms with Crippen LogP contribution in [0.4, 0.5) is 0 Å². The zero-order valence-electron chi connectivity index (χ0n) is 18.2. The molecule has 9 heteroatoms. The SMILES string of the molecule is O=C(NCCSCc1ccc(Cl)cc1)C1CCCN(Cc2nc(-c3ccc(Cl)cc3)no2)C1. The smallest absolute Gasteiger partial charge is 0.241 e. The van der Waals surface area contributed by atoms with Crippen molar-refractivity contribution in [3.8, 4) is 11.4 Å². The van der Waals surface area contributed by atoms with Gasteiger partial charge in [-0.05, 0) is 61.3 Å². The molecule has 0 spiro atoms. The molecule has 1 aliphatic rings. The van der Waals surface area contributed by atoms with Gasteiger partial charge in [-0.2, -0.15) is 16.7 Å². The van der Waals surface area contributed by atoms with Gasteiger partial charge >= 0.3 is 0 Å². The first-order valence-electron chi connectivity index (χ1n) is 11.0. The van der Waals surface area contributed by atoms with Crippen LogP contribution in [0.15, 0.2) is 53.1 Å². The number of halogens is 2. The summed E-state index contributed by atoms with van der Waals surface area (Å²) in [5.74, 6) is 2.99. The first-order chi connectivity index (χ1) is 16.1. The van der Waals surface area contributed by atoms with Gasteiger partial charge in [0.25, 0.3) is 0 Å². The second-order valence-corrected chi connectivity index (χ2v) is 10.0. The molecule has 3 aromatic rings. The molecule has 1 amide bonds. The summed E-state index contributed by atoms with van der Waals surface area (Å²) >= 11 is 13.7. The lowest BCUT2D eigenvalue weighted by Gasteiger charge is -2.30. The number of likely N-dealkylation sites (tertiary alicyclic amines) is 1. The Hall–Kier alpha value is -2.06. The molecule has 2 aromatic carbocycles. The molecular formula is C24H26Cl2N4O2S. The van der Waals surface area contributed by atoms with Gasteiger partial charge in [-0.25, -0.2) is 0 Å². The summed E-state index contributed by atoms with van der Waals surface area (Å²) in [7, 11) is 0. The number of rotatable bonds is 9. The molecular weight excluding hydrogens is 479 g/mol. The summed E-state index contributed by atoms with van der Waals surface area (Å²) in [4.78, 5) is 19.4. The number of nitrogens with one attached hydrogen (secondary N) is 1. The Balaban J connectivity index is 1.19. The quantitative estimate of drug-likeness (QED) is 0.398. The van der Waals surface area contributed by atoms with Crippen LogP contribution >= 0.6 is 35.0 Å². The number of piperidine rings is 1. The Bertz CT molecular complexity index is 1040. The maximum atomic E-state index is 12.7. The number of carbonyl (C=O) groups is 1. The molecule has 0 saturated carbocycles. The molecule has 6 nitrogen and oxygen atoms in total. The molecule has 0 bridgehead atoms. The average Bonchev–Trinajstić information content (AvgIpc) is 3.29. The monoisotopic (exact) mass is 504 g/mol. The summed E-state index contributed by atoms with van der Waals surface area (Å²) in [6, 6.07) is 15.2. The first kappa shape index (κ1) is 24.1. The average molecular weight is 505 g/mol. The third-order valence-corrected chi connectivity index (χ3v) is 7.07. The van der Waals surface area contributed by atoms with E-state index in [-0.39, 0.29) is 11.8 Å². The second kappa shape index (κ2) is 11.9. The van der Waals surface area contributed by atoms with E-state index in [9.17, 15) is 4.79 Å². The highest BCUT2D eigenvalue weighted by Gasteiger charge is 2.26. The van der Waals surface area contributed by atoms with Crippen molar-refractivity contribution in [2.24, 2.45) is 5.92 Å². The van der Waals surface area contributed by atoms with Gasteiger partial charge in [-0.3, -0.25) is 9.69 Å². The van der Waals surface area contributed by atoms with Crippen LogP contribution < -0.4 is 5.32 Å². The minimum absolute atomic E-state index is 0.0151. The van der Waals surface area contributed by atoms with Crippen molar-refractivity contribution >= 4 is 40.9 Å². The van der Waals surface area contributed by atoms with E-state index in [1.807, 2.05) is 36.4 Å². The van der Waals surface area contributed by atoms with Crippen molar-refractivity contribution in [2.75, 3.05) is 25.4 Å². The van der Waals surface area contributed by atoms with Crippen molar-refractivity contribution in [1.82, 2.24) is 20.4 Å². The summed E-state index contributed by atoms with van der Waals surface area (Å²) in [5.41, 5.74) is 2.10. The van der Waals surface area contributed by atoms with Crippen LogP contribution in [-0.4, -0.2) is 46.3 Å². The van der Waals surface area contributed by atoms with Crippen LogP contribution in [0.1, 0.15) is 24.3 Å². The Morgan fingerprint density at radius 3 is 2.61 bits per heavy atom. The van der Waals surface area contributed by atoms with E-state index in [4.69, 9.17) is 27.7 Å². The fraction of sp³-hybridized carbons (Fsp3) is 0.375. The Morgan fingerprint density at radius 1 is 1.12 bits per heavy atom. The number of amides is 1. The Labute approximate surface area is 208 Å². The minimum Gasteiger partial charge on any atom is -0.355 e. The highest BCUT2D eigenvalue weighted by Crippen LogP contribution is 2.22. The molecule has 1 N–H and O–H groups in total. The van der Waals surface area contributed by atoms with Gasteiger partial charge < -0.3 is 9.84 Å². The highest BCUT2D eigenvalue weighted by atomic mass is 35.5. The van der Waals surface area contributed by atoms with E-state index in [2.05, 4.69) is 20.4 Å². The molecule has 1 aromatic heterocycles. The predicted molar refractivity (Wildman–Crippen MR) is 133 cm³/mol. The lowest BCUT2D eigenvalue weighted by molar-refractivity contribution is -0.126. The van der Waals surface area contributed by atoms with Crippen molar-refractivity contribution in [1.29, 1.82) is 0 Å². The normalized spacial score (nSPS) is 16.6. The fourth-order valence-corrected chi connectivity index (χ4v) is 4.87. The molecule has 33 heavy (non-hydrogen) atoms. The van der Waals surface area contributed by atoms with Crippen LogP contribution in [0.3, 0.4) is 0 Å². The number of hydrogen-bond acceptors (Lipinski definition) is 6. The Morgan fingerprint density at radius 2 is 1.85 bits per heavy atom. The zero-order valence-corrected chi connectivity index (χ0v) is 20.5. The van der Waals surface area contributed by atoms with Gasteiger partial charge in [0.15, 0.2) is 0 Å². The van der Waals surface area contributed by atoms with Gasteiger partial charge in [0.2, 0.25) is 17.6 Å². The Kier molecular flexibility index (Phi) is 8.67. The first-order valence-corrected chi connectivity index (χ1v) is 12.9. The zero-order chi connectivity index (χ0) is 23.0. The molecule has 1 aliphatic heterocycles. The number of carbonyl (C=O) groups excluding carboxylic acids is 1. The summed E-state index contributed by atoms with van der Waals surface area (Å²) in [6.07, 6.45) is 1.88. The fourth-order valence-electron chi connectivity index (χ4n) is 3.80. The maximum Gasteiger partial charge on any atom is 0.241 e. The van der Waals surface area contributed by atoms with Crippen molar-refractivity contribution < 1.29 is 9.32 Å². The van der Waals surface area contributed by atoms with Crippen LogP contribution in [0.5, 0.6) is 0 Å². The molecule has 174 valence electrons. The van der Waals surface area contributed by atoms with Crippen LogP contribution in [0.25, 0.3) is 11.4 Å². The molecule has 1 atom stereocenters. The minimum atomic E-state index is -0.0151. The summed E-state index contributed by atoms with van der Waals surface area (Å²) < 4.78 is 5.44. The number of benzene rings is 2. The van der Waals surface area contributed by atoms with Gasteiger partial charge in [0.1, 0.15) is 0 Å². The lowest BCUT2D eigenvalue weighted by Crippen LogP contribution is -2.43. The van der Waals surface area contributed by atoms with Gasteiger partial charge in [0, 0.05) is 40.2 Å². The van der Waals surface area contributed by atoms with Crippen molar-refractivity contribution in [2.45, 2.75) is 25.1 Å². The topological polar surface area (TPSA) is 71.3 Å². The van der Waals surface area contributed by atoms with E-state index in [0.717, 1.165) is 41.5 Å². The van der Waals surface area contributed by atoms with E-state index in [1.165, 1.54) is 5.56 Å². The number of nitrogens with zero attached hydrogens (tertiary/aromatic N) is 3. The number of aromatic nitrogens is 2. The third kappa shape index (κ3) is 7.21. The van der Waals surface area contributed by atoms with Crippen molar-refractivity contribution in [3.63, 3.8) is 0 Å². The third-order valence-electron chi connectivity index (χ3n) is 5.53. The summed E-state index contributed by atoms with van der Waals surface area (Å²) in [6.45, 7) is 2.82. The number of hydrogen-bond donors (Lipinski definition) is 1. The molecule has 4 rings (SSSR count). The van der Waals surface area contributed by atoms with E-state index >= 15 is 0 Å². The van der Waals surface area contributed by atoms with E-state index in [0.29, 0.717) is 36.4 Å². The maximum absolute atomic E-state index is 12.7. The molecule has 0 aliphatic carbocycles. The van der Waals surface area contributed by atoms with Gasteiger partial charge in [-0.1, -0.05) is 40.5 Å². The van der Waals surface area contributed by atoms with E-state index < -0.39 is 0 Å². The summed E-state index contributed by atoms with van der Waals surface area (Å²) in [5, 5.41) is 8.58. The van der Waals surface area contributed by atoms with Crippen molar-refractivity contribution in [3.05, 3.63) is 70.0 Å². The second-order valence-electron chi connectivity index (χ2n) is 8.06. The van der Waals surface area contributed by atoms with Crippen LogP contribution in [0.2, 0.25) is 10.0 Å². The van der Waals surface area contributed by atoms with E-state index in [1.54, 1.807) is 23.9 Å². The van der Waals surface area contributed by atoms with Gasteiger partial charge in [-0.15, -0.1) is 0 Å².